The fraction of sp³-hybridized carbons (Fsp3) is 0. The van der Waals surface area contributed by atoms with Crippen molar-refractivity contribution in [3.05, 3.63) is 23.8 Å². The summed E-state index contributed by atoms with van der Waals surface area (Å²) in [7, 11) is 0. The van der Waals surface area contributed by atoms with E-state index in [0.29, 0.717) is 0 Å². The number of phenols is 3. The lowest BCUT2D eigenvalue weighted by Crippen LogP contribution is -1.96. The summed E-state index contributed by atoms with van der Waals surface area (Å²) in [5, 5.41) is 27.7. The number of benzene rings is 1. The normalized spacial score (nSPS) is 10.9. The Morgan fingerprint density at radius 2 is 2.00 bits per heavy atom. The maximum Gasteiger partial charge on any atom is 0.167 e. The minimum absolute atomic E-state index is 0.0937. The molecule has 0 radical (unpaired) electrons. The van der Waals surface area contributed by atoms with E-state index in [4.69, 9.17) is 22.4 Å². The summed E-state index contributed by atoms with van der Waals surface area (Å²) < 4.78 is 0. The van der Waals surface area contributed by atoms with E-state index in [9.17, 15) is 5.11 Å². The molecule has 0 fully saturated rings. The first-order chi connectivity index (χ1) is 6.56. The van der Waals surface area contributed by atoms with Gasteiger partial charge in [0.15, 0.2) is 11.5 Å². The second-order valence-electron chi connectivity index (χ2n) is 2.63. The Kier molecular flexibility index (Phi) is 2.54. The molecule has 0 amide bonds. The number of aromatic hydroxyl groups is 3. The smallest absolute Gasteiger partial charge is 0.167 e. The highest BCUT2D eigenvalue weighted by Crippen LogP contribution is 2.35. The monoisotopic (exact) mass is 191 g/mol. The molecule has 1 aromatic rings. The molecule has 0 aliphatic carbocycles. The molecule has 0 bridgehead atoms. The van der Waals surface area contributed by atoms with Crippen molar-refractivity contribution >= 4 is 5.70 Å². The molecule has 5 N–H and O–H groups in total. The van der Waals surface area contributed by atoms with Crippen LogP contribution in [0.3, 0.4) is 0 Å². The average Bonchev–Trinajstić information content (AvgIpc) is 2.11. The molecule has 72 valence electrons. The molecule has 0 spiro atoms. The first-order valence-corrected chi connectivity index (χ1v) is 3.73. The van der Waals surface area contributed by atoms with Gasteiger partial charge in [-0.1, -0.05) is 5.92 Å². The van der Waals surface area contributed by atoms with Crippen molar-refractivity contribution in [3.8, 4) is 29.6 Å². The number of hydrogen-bond donors (Lipinski definition) is 4. The molecule has 1 aromatic carbocycles. The quantitative estimate of drug-likeness (QED) is 0.299. The van der Waals surface area contributed by atoms with Gasteiger partial charge in [0.1, 0.15) is 5.75 Å². The lowest BCUT2D eigenvalue weighted by Gasteiger charge is -2.06. The van der Waals surface area contributed by atoms with Gasteiger partial charge in [-0.2, -0.15) is 0 Å². The molecule has 0 saturated heterocycles. The van der Waals surface area contributed by atoms with Crippen LogP contribution in [0.25, 0.3) is 5.70 Å². The van der Waals surface area contributed by atoms with Crippen molar-refractivity contribution in [3.63, 3.8) is 0 Å². The fourth-order valence-corrected chi connectivity index (χ4v) is 0.992. The number of allylic oxidation sites excluding steroid dienone is 1. The molecule has 4 heteroatoms. The van der Waals surface area contributed by atoms with Crippen LogP contribution >= 0.6 is 0 Å². The van der Waals surface area contributed by atoms with Crippen molar-refractivity contribution in [1.29, 1.82) is 0 Å². The minimum atomic E-state index is -0.451. The van der Waals surface area contributed by atoms with E-state index in [1.165, 1.54) is 12.1 Å². The molecule has 0 saturated carbocycles. The van der Waals surface area contributed by atoms with Gasteiger partial charge in [0.05, 0.1) is 5.70 Å². The fourth-order valence-electron chi connectivity index (χ4n) is 0.992. The summed E-state index contributed by atoms with van der Waals surface area (Å²) in [5.41, 5.74) is 5.67. The SMILES string of the molecule is C#C/C=C(/N)c1cc(O)cc(O)c1O. The highest BCUT2D eigenvalue weighted by Gasteiger charge is 2.10. The molecule has 0 unspecified atom stereocenters. The summed E-state index contributed by atoms with van der Waals surface area (Å²) in [4.78, 5) is 0. The number of terminal acetylenes is 1. The van der Waals surface area contributed by atoms with E-state index in [0.717, 1.165) is 6.07 Å². The van der Waals surface area contributed by atoms with Gasteiger partial charge >= 0.3 is 0 Å². The van der Waals surface area contributed by atoms with E-state index in [1.54, 1.807) is 0 Å². The van der Waals surface area contributed by atoms with Crippen molar-refractivity contribution < 1.29 is 15.3 Å². The average molecular weight is 191 g/mol. The second-order valence-corrected chi connectivity index (χ2v) is 2.63. The van der Waals surface area contributed by atoms with Gasteiger partial charge in [-0.05, 0) is 6.07 Å². The van der Waals surface area contributed by atoms with Crippen LogP contribution in [0.2, 0.25) is 0 Å². The van der Waals surface area contributed by atoms with Gasteiger partial charge < -0.3 is 21.1 Å². The molecule has 0 aromatic heterocycles. The zero-order valence-electron chi connectivity index (χ0n) is 7.23. The van der Waals surface area contributed by atoms with Crippen LogP contribution < -0.4 is 5.73 Å². The maximum atomic E-state index is 9.37. The highest BCUT2D eigenvalue weighted by molar-refractivity contribution is 5.73. The lowest BCUT2D eigenvalue weighted by molar-refractivity contribution is 0.395. The number of nitrogens with two attached hydrogens (primary N) is 1. The van der Waals surface area contributed by atoms with E-state index in [-0.39, 0.29) is 17.0 Å². The number of phenolic OH excluding ortho intramolecular Hbond substituents is 3. The summed E-state index contributed by atoms with van der Waals surface area (Å²) in [6.45, 7) is 0. The van der Waals surface area contributed by atoms with Crippen molar-refractivity contribution in [1.82, 2.24) is 0 Å². The molecule has 0 aliphatic heterocycles. The Labute approximate surface area is 80.9 Å². The molecule has 0 atom stereocenters. The Morgan fingerprint density at radius 1 is 1.36 bits per heavy atom. The predicted octanol–water partition coefficient (Wildman–Crippen LogP) is 0.736. The molecular formula is C10H9NO3. The summed E-state index contributed by atoms with van der Waals surface area (Å²) in [5.74, 6) is 1.10. The van der Waals surface area contributed by atoms with Gasteiger partial charge in [0, 0.05) is 17.7 Å². The second kappa shape index (κ2) is 3.62. The maximum absolute atomic E-state index is 9.37. The predicted molar refractivity (Wildman–Crippen MR) is 52.4 cm³/mol. The van der Waals surface area contributed by atoms with Crippen LogP contribution in [-0.4, -0.2) is 15.3 Å². The first-order valence-electron chi connectivity index (χ1n) is 3.73. The Hall–Kier alpha value is -2.28. The van der Waals surface area contributed by atoms with Gasteiger partial charge in [0.2, 0.25) is 0 Å². The Morgan fingerprint density at radius 3 is 2.57 bits per heavy atom. The topological polar surface area (TPSA) is 86.7 Å². The largest absolute Gasteiger partial charge is 0.508 e. The third-order valence-electron chi connectivity index (χ3n) is 1.62. The Bertz CT molecular complexity index is 430. The number of rotatable bonds is 1. The van der Waals surface area contributed by atoms with E-state index < -0.39 is 11.5 Å². The van der Waals surface area contributed by atoms with Crippen molar-refractivity contribution in [2.45, 2.75) is 0 Å². The van der Waals surface area contributed by atoms with Crippen LogP contribution in [-0.2, 0) is 0 Å². The summed E-state index contributed by atoms with van der Waals surface area (Å²) >= 11 is 0. The van der Waals surface area contributed by atoms with Crippen LogP contribution in [0, 0.1) is 12.3 Å². The minimum Gasteiger partial charge on any atom is -0.508 e. The zero-order chi connectivity index (χ0) is 10.7. The lowest BCUT2D eigenvalue weighted by atomic mass is 10.1. The standard InChI is InChI=1S/C10H9NO3/c1-2-3-8(11)7-4-6(12)5-9(13)10(7)14/h1,3-5,12-14H,11H2/b8-3+. The van der Waals surface area contributed by atoms with Gasteiger partial charge in [0.25, 0.3) is 0 Å². The van der Waals surface area contributed by atoms with Crippen molar-refractivity contribution in [2.24, 2.45) is 5.73 Å². The van der Waals surface area contributed by atoms with Crippen LogP contribution in [0.15, 0.2) is 18.2 Å². The van der Waals surface area contributed by atoms with Gasteiger partial charge in [-0.3, -0.25) is 0 Å². The third kappa shape index (κ3) is 1.72. The van der Waals surface area contributed by atoms with E-state index in [2.05, 4.69) is 5.92 Å². The van der Waals surface area contributed by atoms with E-state index >= 15 is 0 Å². The highest BCUT2D eigenvalue weighted by atomic mass is 16.3. The van der Waals surface area contributed by atoms with Crippen molar-refractivity contribution in [2.75, 3.05) is 0 Å². The van der Waals surface area contributed by atoms with E-state index in [1.807, 2.05) is 0 Å². The third-order valence-corrected chi connectivity index (χ3v) is 1.62. The molecule has 14 heavy (non-hydrogen) atoms. The molecule has 4 nitrogen and oxygen atoms in total. The zero-order valence-corrected chi connectivity index (χ0v) is 7.23. The molecule has 0 heterocycles. The van der Waals surface area contributed by atoms with Crippen LogP contribution in [0.5, 0.6) is 17.2 Å². The van der Waals surface area contributed by atoms with Gasteiger partial charge in [-0.15, -0.1) is 6.42 Å². The Balaban J connectivity index is 3.36. The summed E-state index contributed by atoms with van der Waals surface area (Å²) in [6, 6.07) is 2.21. The number of hydrogen-bond acceptors (Lipinski definition) is 4. The van der Waals surface area contributed by atoms with Crippen LogP contribution in [0.1, 0.15) is 5.56 Å². The first kappa shape index (κ1) is 9.81. The molecule has 0 aliphatic rings. The van der Waals surface area contributed by atoms with Gasteiger partial charge in [-0.25, -0.2) is 0 Å². The molecule has 1 rings (SSSR count). The molecular weight excluding hydrogens is 182 g/mol. The summed E-state index contributed by atoms with van der Waals surface area (Å²) in [6.07, 6.45) is 6.20. The van der Waals surface area contributed by atoms with Crippen LogP contribution in [0.4, 0.5) is 0 Å².